The van der Waals surface area contributed by atoms with Gasteiger partial charge in [-0.1, -0.05) is 0 Å². The second-order valence-corrected chi connectivity index (χ2v) is 5.68. The van der Waals surface area contributed by atoms with Crippen molar-refractivity contribution in [2.45, 2.75) is 12.2 Å². The first-order valence-electron chi connectivity index (χ1n) is 4.86. The van der Waals surface area contributed by atoms with Crippen LogP contribution in [0.15, 0.2) is 6.07 Å². The zero-order valence-electron chi connectivity index (χ0n) is 8.49. The van der Waals surface area contributed by atoms with Gasteiger partial charge in [-0.2, -0.15) is 11.8 Å². The molecule has 0 unspecified atom stereocenters. The summed E-state index contributed by atoms with van der Waals surface area (Å²) in [5.41, 5.74) is 1.22. The number of hydrogen-bond acceptors (Lipinski definition) is 4. The van der Waals surface area contributed by atoms with Gasteiger partial charge in [0, 0.05) is 10.6 Å². The van der Waals surface area contributed by atoms with Gasteiger partial charge in [-0.05, 0) is 23.8 Å². The maximum Gasteiger partial charge on any atom is 0.322 e. The molecule has 2 rings (SSSR count). The molecule has 0 saturated heterocycles. The van der Waals surface area contributed by atoms with Crippen molar-refractivity contribution in [3.05, 3.63) is 21.4 Å². The van der Waals surface area contributed by atoms with Crippen LogP contribution in [0, 0.1) is 0 Å². The number of rotatable bonds is 3. The minimum atomic E-state index is -1.02. The minimum absolute atomic E-state index is 0.285. The molecule has 0 bridgehead atoms. The highest BCUT2D eigenvalue weighted by Gasteiger charge is 2.17. The molecule has 1 aliphatic heterocycles. The van der Waals surface area contributed by atoms with E-state index in [1.165, 1.54) is 21.8 Å². The average molecular weight is 257 g/mol. The third kappa shape index (κ3) is 2.56. The Balaban J connectivity index is 2.06. The molecule has 4 nitrogen and oxygen atoms in total. The van der Waals surface area contributed by atoms with Crippen molar-refractivity contribution in [3.63, 3.8) is 0 Å². The minimum Gasteiger partial charge on any atom is -0.480 e. The summed E-state index contributed by atoms with van der Waals surface area (Å²) in [4.78, 5) is 23.8. The number of aryl methyl sites for hydroxylation is 1. The third-order valence-electron chi connectivity index (χ3n) is 2.25. The van der Waals surface area contributed by atoms with Crippen LogP contribution in [0.25, 0.3) is 0 Å². The maximum absolute atomic E-state index is 11.6. The van der Waals surface area contributed by atoms with Crippen LogP contribution in [0.3, 0.4) is 0 Å². The quantitative estimate of drug-likeness (QED) is 0.858. The lowest BCUT2D eigenvalue weighted by molar-refractivity contribution is -0.135. The third-order valence-corrected chi connectivity index (χ3v) is 4.50. The fraction of sp³-hybridized carbons (Fsp3) is 0.400. The van der Waals surface area contributed by atoms with Crippen molar-refractivity contribution in [3.8, 4) is 0 Å². The van der Waals surface area contributed by atoms with Crippen LogP contribution >= 0.6 is 23.1 Å². The summed E-state index contributed by atoms with van der Waals surface area (Å²) in [6.45, 7) is -0.323. The fourth-order valence-corrected chi connectivity index (χ4v) is 3.79. The number of carbonyl (C=O) groups is 2. The molecule has 2 heterocycles. The summed E-state index contributed by atoms with van der Waals surface area (Å²) in [6, 6.07) is 1.88. The largest absolute Gasteiger partial charge is 0.480 e. The summed E-state index contributed by atoms with van der Waals surface area (Å²) < 4.78 is 0. The number of carboxylic acids is 1. The predicted molar refractivity (Wildman–Crippen MR) is 64.2 cm³/mol. The van der Waals surface area contributed by atoms with E-state index in [1.807, 2.05) is 17.8 Å². The van der Waals surface area contributed by atoms with Crippen LogP contribution in [0.2, 0.25) is 0 Å². The fourth-order valence-electron chi connectivity index (χ4n) is 1.50. The van der Waals surface area contributed by atoms with Gasteiger partial charge in [0.15, 0.2) is 0 Å². The summed E-state index contributed by atoms with van der Waals surface area (Å²) in [6.07, 6.45) is 1.01. The Hall–Kier alpha value is -1.01. The lowest BCUT2D eigenvalue weighted by atomic mass is 10.2. The van der Waals surface area contributed by atoms with E-state index in [2.05, 4.69) is 5.32 Å². The lowest BCUT2D eigenvalue weighted by Gasteiger charge is -2.08. The normalized spacial score (nSPS) is 14.2. The molecule has 0 atom stereocenters. The molecule has 1 aromatic rings. The summed E-state index contributed by atoms with van der Waals surface area (Å²) in [5, 5.41) is 10.8. The van der Waals surface area contributed by atoms with E-state index in [4.69, 9.17) is 5.11 Å². The van der Waals surface area contributed by atoms with Crippen molar-refractivity contribution < 1.29 is 14.7 Å². The molecular formula is C10H11NO3S2. The second kappa shape index (κ2) is 4.88. The summed E-state index contributed by atoms with van der Waals surface area (Å²) >= 11 is 3.34. The molecule has 0 saturated carbocycles. The van der Waals surface area contributed by atoms with Gasteiger partial charge < -0.3 is 10.4 Å². The summed E-state index contributed by atoms with van der Waals surface area (Å²) in [7, 11) is 0. The highest BCUT2D eigenvalue weighted by molar-refractivity contribution is 7.98. The average Bonchev–Trinajstić information content (AvgIpc) is 2.69. The zero-order valence-corrected chi connectivity index (χ0v) is 10.1. The van der Waals surface area contributed by atoms with E-state index in [9.17, 15) is 9.59 Å². The van der Waals surface area contributed by atoms with Gasteiger partial charge >= 0.3 is 5.97 Å². The first-order valence-corrected chi connectivity index (χ1v) is 6.83. The van der Waals surface area contributed by atoms with Crippen molar-refractivity contribution in [1.82, 2.24) is 5.32 Å². The molecule has 0 radical (unpaired) electrons. The molecule has 2 N–H and O–H groups in total. The van der Waals surface area contributed by atoms with Crippen LogP contribution in [0.1, 0.15) is 20.1 Å². The van der Waals surface area contributed by atoms with Gasteiger partial charge in [-0.25, -0.2) is 0 Å². The topological polar surface area (TPSA) is 66.4 Å². The molecule has 16 heavy (non-hydrogen) atoms. The van der Waals surface area contributed by atoms with Crippen LogP contribution in [-0.4, -0.2) is 29.3 Å². The van der Waals surface area contributed by atoms with Crippen molar-refractivity contribution in [2.75, 3.05) is 12.3 Å². The van der Waals surface area contributed by atoms with E-state index < -0.39 is 5.97 Å². The first kappa shape index (κ1) is 11.5. The molecule has 0 fully saturated rings. The van der Waals surface area contributed by atoms with Crippen molar-refractivity contribution >= 4 is 35.0 Å². The Morgan fingerprint density at radius 3 is 3.00 bits per heavy atom. The van der Waals surface area contributed by atoms with Crippen molar-refractivity contribution in [2.24, 2.45) is 0 Å². The van der Waals surface area contributed by atoms with Crippen LogP contribution in [0.4, 0.5) is 0 Å². The van der Waals surface area contributed by atoms with Gasteiger partial charge in [0.2, 0.25) is 0 Å². The molecular weight excluding hydrogens is 246 g/mol. The smallest absolute Gasteiger partial charge is 0.322 e. The molecule has 1 aliphatic rings. The Bertz CT molecular complexity index is 404. The van der Waals surface area contributed by atoms with Gasteiger partial charge in [-0.15, -0.1) is 11.3 Å². The summed E-state index contributed by atoms with van der Waals surface area (Å²) in [5.74, 6) is 0.749. The number of thiophene rings is 1. The number of thioether (sulfide) groups is 1. The van der Waals surface area contributed by atoms with E-state index in [1.54, 1.807) is 0 Å². The molecule has 0 spiro atoms. The van der Waals surface area contributed by atoms with Gasteiger partial charge in [-0.3, -0.25) is 9.59 Å². The van der Waals surface area contributed by atoms with Crippen molar-refractivity contribution in [1.29, 1.82) is 0 Å². The Morgan fingerprint density at radius 1 is 1.50 bits per heavy atom. The Kier molecular flexibility index (Phi) is 3.50. The predicted octanol–water partition coefficient (Wildman–Crippen LogP) is 1.35. The Morgan fingerprint density at radius 2 is 2.31 bits per heavy atom. The van der Waals surface area contributed by atoms with E-state index in [0.29, 0.717) is 4.88 Å². The molecule has 0 aromatic carbocycles. The van der Waals surface area contributed by atoms with Gasteiger partial charge in [0.05, 0.1) is 4.88 Å². The number of fused-ring (bicyclic) bond motifs is 1. The molecule has 1 aromatic heterocycles. The highest BCUT2D eigenvalue weighted by atomic mass is 32.2. The number of hydrogen-bond donors (Lipinski definition) is 2. The van der Waals surface area contributed by atoms with Crippen LogP contribution < -0.4 is 5.32 Å². The molecule has 86 valence electrons. The van der Waals surface area contributed by atoms with Gasteiger partial charge in [0.25, 0.3) is 5.91 Å². The zero-order chi connectivity index (χ0) is 11.5. The number of aliphatic carboxylic acids is 1. The van der Waals surface area contributed by atoms with Crippen LogP contribution in [0.5, 0.6) is 0 Å². The monoisotopic (exact) mass is 257 g/mol. The standard InChI is InChI=1S/C10H11NO3S2/c12-9(13)4-11-10(14)8-3-6-5-15-2-1-7(6)16-8/h3H,1-2,4-5H2,(H,11,14)(H,12,13). The molecule has 6 heteroatoms. The Labute approximate surface area is 101 Å². The molecule has 1 amide bonds. The number of carbonyl (C=O) groups excluding carboxylic acids is 1. The van der Waals surface area contributed by atoms with E-state index >= 15 is 0 Å². The number of nitrogens with one attached hydrogen (secondary N) is 1. The number of carboxylic acid groups (broad SMARTS) is 1. The van der Waals surface area contributed by atoms with Gasteiger partial charge in [0.1, 0.15) is 6.54 Å². The van der Waals surface area contributed by atoms with E-state index in [-0.39, 0.29) is 12.5 Å². The maximum atomic E-state index is 11.6. The second-order valence-electron chi connectivity index (χ2n) is 3.44. The molecule has 0 aliphatic carbocycles. The SMILES string of the molecule is O=C(O)CNC(=O)c1cc2c(s1)CCSC2. The number of amides is 1. The van der Waals surface area contributed by atoms with Crippen LogP contribution in [-0.2, 0) is 17.0 Å². The lowest BCUT2D eigenvalue weighted by Crippen LogP contribution is -2.28. The van der Waals surface area contributed by atoms with E-state index in [0.717, 1.165) is 17.9 Å². The first-order chi connectivity index (χ1) is 7.66. The highest BCUT2D eigenvalue weighted by Crippen LogP contribution is 2.31.